The van der Waals surface area contributed by atoms with Crippen molar-refractivity contribution < 1.29 is 0 Å². The zero-order chi connectivity index (χ0) is 17.8. The van der Waals surface area contributed by atoms with Crippen LogP contribution < -0.4 is 11.4 Å². The standard InChI is InChI=1S/C17H15N7OS/c1-8-3-2-4-10-11(8)15(24(9-5-6-9)17(25)21-10)26-14-12-13(20-7-19-12)22-16(18)23-14/h2-4,7,9H,5-6H2,1H3,(H3,18,19,20,22,23). The Morgan fingerprint density at radius 3 is 2.92 bits per heavy atom. The van der Waals surface area contributed by atoms with Crippen molar-refractivity contribution >= 4 is 39.8 Å². The number of hydrogen-bond acceptors (Lipinski definition) is 7. The van der Waals surface area contributed by atoms with Crippen molar-refractivity contribution in [3.05, 3.63) is 40.6 Å². The van der Waals surface area contributed by atoms with E-state index in [1.165, 1.54) is 11.8 Å². The predicted molar refractivity (Wildman–Crippen MR) is 99.2 cm³/mol. The number of aromatic nitrogens is 6. The highest BCUT2D eigenvalue weighted by Crippen LogP contribution is 2.42. The molecule has 3 heterocycles. The fraction of sp³-hybridized carbons (Fsp3) is 0.235. The van der Waals surface area contributed by atoms with Crippen LogP contribution in [0.5, 0.6) is 0 Å². The summed E-state index contributed by atoms with van der Waals surface area (Å²) in [6.07, 6.45) is 3.53. The van der Waals surface area contributed by atoms with Gasteiger partial charge in [-0.05, 0) is 43.2 Å². The summed E-state index contributed by atoms with van der Waals surface area (Å²) >= 11 is 1.41. The zero-order valence-corrected chi connectivity index (χ0v) is 14.7. The van der Waals surface area contributed by atoms with Gasteiger partial charge in [0.15, 0.2) is 5.65 Å². The van der Waals surface area contributed by atoms with Crippen LogP contribution >= 0.6 is 11.8 Å². The van der Waals surface area contributed by atoms with Crippen LogP contribution in [0.25, 0.3) is 22.1 Å². The first-order chi connectivity index (χ1) is 12.6. The van der Waals surface area contributed by atoms with Gasteiger partial charge in [-0.1, -0.05) is 12.1 Å². The fourth-order valence-corrected chi connectivity index (χ4v) is 4.40. The maximum atomic E-state index is 12.7. The molecule has 3 aromatic heterocycles. The van der Waals surface area contributed by atoms with Crippen LogP contribution in [0.2, 0.25) is 0 Å². The number of benzene rings is 1. The largest absolute Gasteiger partial charge is 0.368 e. The van der Waals surface area contributed by atoms with Gasteiger partial charge in [-0.2, -0.15) is 9.97 Å². The number of anilines is 1. The van der Waals surface area contributed by atoms with E-state index >= 15 is 0 Å². The van der Waals surface area contributed by atoms with Crippen molar-refractivity contribution in [3.63, 3.8) is 0 Å². The number of nitrogens with zero attached hydrogens (tertiary/aromatic N) is 5. The summed E-state index contributed by atoms with van der Waals surface area (Å²) in [6.45, 7) is 2.02. The summed E-state index contributed by atoms with van der Waals surface area (Å²) in [5, 5.41) is 2.46. The van der Waals surface area contributed by atoms with E-state index in [0.717, 1.165) is 28.8 Å². The second-order valence-electron chi connectivity index (χ2n) is 6.36. The predicted octanol–water partition coefficient (Wildman–Crippen LogP) is 2.44. The molecule has 1 aromatic carbocycles. The Morgan fingerprint density at radius 2 is 2.12 bits per heavy atom. The number of nitrogens with one attached hydrogen (secondary N) is 1. The average molecular weight is 365 g/mol. The van der Waals surface area contributed by atoms with Gasteiger partial charge >= 0.3 is 5.69 Å². The molecule has 1 aliphatic carbocycles. The van der Waals surface area contributed by atoms with Crippen LogP contribution in [0.3, 0.4) is 0 Å². The molecule has 130 valence electrons. The molecule has 8 nitrogen and oxygen atoms in total. The summed E-state index contributed by atoms with van der Waals surface area (Å²) < 4.78 is 1.79. The first kappa shape index (κ1) is 15.3. The van der Waals surface area contributed by atoms with Crippen molar-refractivity contribution in [2.24, 2.45) is 0 Å². The molecule has 0 radical (unpaired) electrons. The minimum absolute atomic E-state index is 0.155. The van der Waals surface area contributed by atoms with Gasteiger partial charge < -0.3 is 10.7 Å². The lowest BCUT2D eigenvalue weighted by molar-refractivity contribution is 0.630. The molecule has 1 fully saturated rings. The van der Waals surface area contributed by atoms with E-state index in [1.807, 2.05) is 25.1 Å². The Bertz CT molecular complexity index is 1230. The summed E-state index contributed by atoms with van der Waals surface area (Å²) in [6, 6.07) is 5.99. The molecule has 1 saturated carbocycles. The van der Waals surface area contributed by atoms with Crippen LogP contribution in [0.4, 0.5) is 5.95 Å². The van der Waals surface area contributed by atoms with Gasteiger partial charge in [0.05, 0.1) is 16.9 Å². The van der Waals surface area contributed by atoms with Crippen LogP contribution in [0.1, 0.15) is 24.4 Å². The van der Waals surface area contributed by atoms with Crippen LogP contribution in [0, 0.1) is 6.92 Å². The van der Waals surface area contributed by atoms with Crippen LogP contribution in [-0.4, -0.2) is 29.5 Å². The molecule has 0 amide bonds. The Labute approximate surface area is 151 Å². The van der Waals surface area contributed by atoms with Crippen molar-refractivity contribution in [1.82, 2.24) is 29.5 Å². The highest BCUT2D eigenvalue weighted by atomic mass is 32.2. The molecule has 0 bridgehead atoms. The number of imidazole rings is 1. The lowest BCUT2D eigenvalue weighted by Gasteiger charge is -2.15. The lowest BCUT2D eigenvalue weighted by Crippen LogP contribution is -2.24. The molecule has 9 heteroatoms. The molecule has 1 aliphatic rings. The third kappa shape index (κ3) is 2.35. The topological polar surface area (TPSA) is 115 Å². The average Bonchev–Trinajstić information content (AvgIpc) is 3.31. The summed E-state index contributed by atoms with van der Waals surface area (Å²) in [7, 11) is 0. The second kappa shape index (κ2) is 5.53. The molecule has 0 aliphatic heterocycles. The van der Waals surface area contributed by atoms with Gasteiger partial charge in [0.2, 0.25) is 5.95 Å². The van der Waals surface area contributed by atoms with Gasteiger partial charge in [0.1, 0.15) is 10.5 Å². The third-order valence-corrected chi connectivity index (χ3v) is 5.56. The van der Waals surface area contributed by atoms with Gasteiger partial charge in [0, 0.05) is 11.4 Å². The Hall–Kier alpha value is -2.94. The number of nitrogen functional groups attached to an aromatic ring is 1. The van der Waals surface area contributed by atoms with E-state index < -0.39 is 0 Å². The molecule has 0 spiro atoms. The lowest BCUT2D eigenvalue weighted by atomic mass is 10.1. The molecule has 0 unspecified atom stereocenters. The monoisotopic (exact) mass is 365 g/mol. The number of rotatable bonds is 3. The van der Waals surface area contributed by atoms with Gasteiger partial charge in [-0.25, -0.2) is 14.8 Å². The first-order valence-electron chi connectivity index (χ1n) is 8.28. The smallest absolute Gasteiger partial charge is 0.349 e. The SMILES string of the molecule is Cc1cccc2nc(=O)n(C3CC3)c(Sc3nc(N)nc4nc[nH]c34)c12. The highest BCUT2D eigenvalue weighted by molar-refractivity contribution is 7.99. The normalized spacial score (nSPS) is 14.3. The van der Waals surface area contributed by atoms with Crippen molar-refractivity contribution in [1.29, 1.82) is 0 Å². The number of fused-ring (bicyclic) bond motifs is 2. The molecular weight excluding hydrogens is 350 g/mol. The molecular formula is C17H15N7OS. The molecule has 26 heavy (non-hydrogen) atoms. The maximum absolute atomic E-state index is 12.7. The second-order valence-corrected chi connectivity index (χ2v) is 7.34. The Kier molecular flexibility index (Phi) is 3.26. The first-order valence-corrected chi connectivity index (χ1v) is 9.10. The van der Waals surface area contributed by atoms with E-state index in [2.05, 4.69) is 24.9 Å². The van der Waals surface area contributed by atoms with E-state index in [0.29, 0.717) is 21.7 Å². The van der Waals surface area contributed by atoms with Crippen LogP contribution in [0.15, 0.2) is 39.4 Å². The molecule has 5 rings (SSSR count). The van der Waals surface area contributed by atoms with E-state index in [1.54, 1.807) is 10.9 Å². The highest BCUT2D eigenvalue weighted by Gasteiger charge is 2.29. The van der Waals surface area contributed by atoms with E-state index in [9.17, 15) is 4.79 Å². The van der Waals surface area contributed by atoms with Crippen molar-refractivity contribution in [2.45, 2.75) is 35.9 Å². The van der Waals surface area contributed by atoms with Crippen molar-refractivity contribution in [2.75, 3.05) is 5.73 Å². The maximum Gasteiger partial charge on any atom is 0.349 e. The Balaban J connectivity index is 1.81. The van der Waals surface area contributed by atoms with Gasteiger partial charge in [-0.15, -0.1) is 0 Å². The number of aryl methyl sites for hydroxylation is 1. The summed E-state index contributed by atoms with van der Waals surface area (Å²) in [5.41, 5.74) is 8.60. The fourth-order valence-electron chi connectivity index (χ4n) is 3.13. The third-order valence-electron chi connectivity index (χ3n) is 4.48. The number of H-pyrrole nitrogens is 1. The number of aromatic amines is 1. The summed E-state index contributed by atoms with van der Waals surface area (Å²) in [4.78, 5) is 32.7. The molecule has 0 saturated heterocycles. The van der Waals surface area contributed by atoms with E-state index in [4.69, 9.17) is 5.73 Å². The number of nitrogens with two attached hydrogens (primary N) is 1. The minimum Gasteiger partial charge on any atom is -0.368 e. The minimum atomic E-state index is -0.226. The van der Waals surface area contributed by atoms with E-state index in [-0.39, 0.29) is 17.7 Å². The molecule has 3 N–H and O–H groups in total. The number of hydrogen-bond donors (Lipinski definition) is 2. The van der Waals surface area contributed by atoms with Gasteiger partial charge in [-0.3, -0.25) is 4.57 Å². The zero-order valence-electron chi connectivity index (χ0n) is 13.9. The quantitative estimate of drug-likeness (QED) is 0.536. The Morgan fingerprint density at radius 1 is 1.27 bits per heavy atom. The summed E-state index contributed by atoms with van der Waals surface area (Å²) in [5.74, 6) is 0.155. The molecule has 0 atom stereocenters. The van der Waals surface area contributed by atoms with Gasteiger partial charge in [0.25, 0.3) is 0 Å². The van der Waals surface area contributed by atoms with Crippen molar-refractivity contribution in [3.8, 4) is 0 Å². The van der Waals surface area contributed by atoms with Crippen LogP contribution in [-0.2, 0) is 0 Å². The molecule has 4 aromatic rings.